The number of aromatic carboxylic acids is 1. The normalized spacial score (nSPS) is 17.1. The van der Waals surface area contributed by atoms with Gasteiger partial charge in [-0.1, -0.05) is 0 Å². The lowest BCUT2D eigenvalue weighted by Crippen LogP contribution is -2.37. The Bertz CT molecular complexity index is 623. The molecule has 1 fully saturated rings. The average molecular weight is 316 g/mol. The molecule has 0 saturated carbocycles. The van der Waals surface area contributed by atoms with Gasteiger partial charge < -0.3 is 14.9 Å². The minimum atomic E-state index is -3.82. The molecule has 116 valence electrons. The number of carboxylic acids is 1. The van der Waals surface area contributed by atoms with Gasteiger partial charge in [-0.2, -0.15) is 12.7 Å². The Kier molecular flexibility index (Phi) is 4.66. The second-order valence-electron chi connectivity index (χ2n) is 4.51. The van der Waals surface area contributed by atoms with Crippen LogP contribution in [0.4, 0.5) is 5.69 Å². The molecule has 0 aromatic heterocycles. The first-order valence-corrected chi connectivity index (χ1v) is 7.76. The van der Waals surface area contributed by atoms with Gasteiger partial charge in [-0.25, -0.2) is 4.79 Å². The molecule has 8 nitrogen and oxygen atoms in total. The van der Waals surface area contributed by atoms with Crippen molar-refractivity contribution >= 4 is 21.9 Å². The maximum absolute atomic E-state index is 12.2. The number of hydrogen-bond acceptors (Lipinski definition) is 5. The number of ether oxygens (including phenoxy) is 1. The van der Waals surface area contributed by atoms with Crippen LogP contribution >= 0.6 is 0 Å². The Morgan fingerprint density at radius 3 is 2.71 bits per heavy atom. The van der Waals surface area contributed by atoms with E-state index in [1.54, 1.807) is 0 Å². The zero-order valence-corrected chi connectivity index (χ0v) is 12.0. The van der Waals surface area contributed by atoms with Crippen molar-refractivity contribution in [2.24, 2.45) is 0 Å². The Morgan fingerprint density at radius 2 is 2.05 bits per heavy atom. The van der Waals surface area contributed by atoms with Crippen LogP contribution in [0.5, 0.6) is 5.75 Å². The summed E-state index contributed by atoms with van der Waals surface area (Å²) in [6.07, 6.45) is 0.588. The number of aromatic hydroxyl groups is 1. The third-order valence-electron chi connectivity index (χ3n) is 3.00. The van der Waals surface area contributed by atoms with Gasteiger partial charge in [0.05, 0.1) is 17.9 Å². The van der Waals surface area contributed by atoms with Gasteiger partial charge in [0, 0.05) is 19.7 Å². The second kappa shape index (κ2) is 6.29. The summed E-state index contributed by atoms with van der Waals surface area (Å²) < 4.78 is 33.1. The second-order valence-corrected chi connectivity index (χ2v) is 6.18. The first-order valence-electron chi connectivity index (χ1n) is 6.32. The van der Waals surface area contributed by atoms with Crippen LogP contribution in [0.2, 0.25) is 0 Å². The van der Waals surface area contributed by atoms with Gasteiger partial charge in [0.1, 0.15) is 5.75 Å². The van der Waals surface area contributed by atoms with Crippen molar-refractivity contribution in [1.29, 1.82) is 0 Å². The highest BCUT2D eigenvalue weighted by molar-refractivity contribution is 7.90. The summed E-state index contributed by atoms with van der Waals surface area (Å²) in [5, 5.41) is 18.5. The quantitative estimate of drug-likeness (QED) is 0.695. The number of rotatable bonds is 4. The van der Waals surface area contributed by atoms with E-state index in [9.17, 15) is 18.3 Å². The summed E-state index contributed by atoms with van der Waals surface area (Å²) in [5.74, 6) is -1.64. The number of benzene rings is 1. The predicted octanol–water partition coefficient (Wildman–Crippen LogP) is 0.469. The number of nitrogens with one attached hydrogen (secondary N) is 1. The zero-order valence-electron chi connectivity index (χ0n) is 11.2. The molecule has 1 aliphatic rings. The first kappa shape index (κ1) is 15.5. The van der Waals surface area contributed by atoms with E-state index in [1.165, 1.54) is 16.4 Å². The number of phenolic OH excluding ortho intramolecular Hbond substituents is 1. The van der Waals surface area contributed by atoms with Gasteiger partial charge in [-0.15, -0.1) is 0 Å². The minimum Gasteiger partial charge on any atom is -0.506 e. The minimum absolute atomic E-state index is 0.0647. The van der Waals surface area contributed by atoms with Crippen LogP contribution in [0, 0.1) is 0 Å². The fourth-order valence-electron chi connectivity index (χ4n) is 1.92. The van der Waals surface area contributed by atoms with Crippen molar-refractivity contribution in [3.05, 3.63) is 23.8 Å². The van der Waals surface area contributed by atoms with Crippen molar-refractivity contribution in [1.82, 2.24) is 4.31 Å². The van der Waals surface area contributed by atoms with E-state index in [2.05, 4.69) is 4.72 Å². The summed E-state index contributed by atoms with van der Waals surface area (Å²) in [6, 6.07) is 3.42. The lowest BCUT2D eigenvalue weighted by molar-refractivity contribution is 0.0696. The molecule has 0 amide bonds. The third kappa shape index (κ3) is 3.84. The maximum atomic E-state index is 12.2. The van der Waals surface area contributed by atoms with Crippen LogP contribution in [0.1, 0.15) is 16.8 Å². The molecule has 21 heavy (non-hydrogen) atoms. The van der Waals surface area contributed by atoms with Gasteiger partial charge in [0.2, 0.25) is 0 Å². The summed E-state index contributed by atoms with van der Waals surface area (Å²) >= 11 is 0. The number of anilines is 1. The molecule has 1 aliphatic heterocycles. The molecule has 0 bridgehead atoms. The Hall–Kier alpha value is -1.84. The molecule has 0 aliphatic carbocycles. The molecular formula is C12H16N2O6S. The number of nitrogens with zero attached hydrogens (tertiary/aromatic N) is 1. The predicted molar refractivity (Wildman–Crippen MR) is 74.6 cm³/mol. The maximum Gasteiger partial charge on any atom is 0.335 e. The number of carboxylic acid groups (broad SMARTS) is 1. The SMILES string of the molecule is O=C(O)c1ccc(NS(=O)(=O)N2CCCOCC2)c(O)c1. The van der Waals surface area contributed by atoms with E-state index in [-0.39, 0.29) is 17.8 Å². The van der Waals surface area contributed by atoms with Gasteiger partial charge in [-0.3, -0.25) is 4.72 Å². The molecule has 0 atom stereocenters. The summed E-state index contributed by atoms with van der Waals surface area (Å²) in [7, 11) is -3.82. The zero-order chi connectivity index (χ0) is 15.5. The summed E-state index contributed by atoms with van der Waals surface area (Å²) in [6.45, 7) is 1.36. The topological polar surface area (TPSA) is 116 Å². The van der Waals surface area contributed by atoms with Gasteiger partial charge >= 0.3 is 16.2 Å². The largest absolute Gasteiger partial charge is 0.506 e. The van der Waals surface area contributed by atoms with Gasteiger partial charge in [0.15, 0.2) is 0 Å². The number of phenols is 1. The summed E-state index contributed by atoms with van der Waals surface area (Å²) in [5.41, 5.74) is -0.191. The van der Waals surface area contributed by atoms with E-state index in [4.69, 9.17) is 9.84 Å². The van der Waals surface area contributed by atoms with Gasteiger partial charge in [-0.05, 0) is 24.6 Å². The molecule has 2 rings (SSSR count). The van der Waals surface area contributed by atoms with E-state index in [1.807, 2.05) is 0 Å². The standard InChI is InChI=1S/C12H16N2O6S/c15-11-8-9(12(16)17)2-3-10(11)13-21(18,19)14-4-1-6-20-7-5-14/h2-3,8,13,15H,1,4-7H2,(H,16,17). The molecule has 0 unspecified atom stereocenters. The van der Waals surface area contributed by atoms with Crippen LogP contribution in [0.3, 0.4) is 0 Å². The molecule has 0 spiro atoms. The Morgan fingerprint density at radius 1 is 1.29 bits per heavy atom. The lowest BCUT2D eigenvalue weighted by Gasteiger charge is -2.20. The summed E-state index contributed by atoms with van der Waals surface area (Å²) in [4.78, 5) is 10.8. The average Bonchev–Trinajstić information content (AvgIpc) is 2.70. The lowest BCUT2D eigenvalue weighted by atomic mass is 10.2. The highest BCUT2D eigenvalue weighted by Gasteiger charge is 2.24. The molecule has 9 heteroatoms. The third-order valence-corrected chi connectivity index (χ3v) is 4.53. The number of carbonyl (C=O) groups is 1. The molecule has 1 saturated heterocycles. The van der Waals surface area contributed by atoms with Crippen molar-refractivity contribution in [3.8, 4) is 5.75 Å². The molecule has 3 N–H and O–H groups in total. The van der Waals surface area contributed by atoms with E-state index < -0.39 is 21.9 Å². The van der Waals surface area contributed by atoms with Crippen LogP contribution in [-0.4, -0.2) is 55.2 Å². The molecule has 0 radical (unpaired) electrons. The van der Waals surface area contributed by atoms with E-state index in [0.29, 0.717) is 26.2 Å². The highest BCUT2D eigenvalue weighted by atomic mass is 32.2. The Labute approximate surface area is 122 Å². The van der Waals surface area contributed by atoms with Crippen molar-refractivity contribution in [3.63, 3.8) is 0 Å². The van der Waals surface area contributed by atoms with Crippen LogP contribution in [0.25, 0.3) is 0 Å². The number of hydrogen-bond donors (Lipinski definition) is 3. The Balaban J connectivity index is 2.18. The van der Waals surface area contributed by atoms with E-state index >= 15 is 0 Å². The van der Waals surface area contributed by atoms with E-state index in [0.717, 1.165) is 6.07 Å². The highest BCUT2D eigenvalue weighted by Crippen LogP contribution is 2.26. The molecular weight excluding hydrogens is 300 g/mol. The van der Waals surface area contributed by atoms with Crippen molar-refractivity contribution in [2.75, 3.05) is 31.0 Å². The van der Waals surface area contributed by atoms with Gasteiger partial charge in [0.25, 0.3) is 0 Å². The first-order chi connectivity index (χ1) is 9.90. The molecule has 1 aromatic carbocycles. The van der Waals surface area contributed by atoms with Crippen molar-refractivity contribution < 1.29 is 28.2 Å². The van der Waals surface area contributed by atoms with Crippen molar-refractivity contribution in [2.45, 2.75) is 6.42 Å². The van der Waals surface area contributed by atoms with Crippen LogP contribution in [-0.2, 0) is 14.9 Å². The fraction of sp³-hybridized carbons (Fsp3) is 0.417. The van der Waals surface area contributed by atoms with Crippen LogP contribution in [0.15, 0.2) is 18.2 Å². The van der Waals surface area contributed by atoms with Crippen LogP contribution < -0.4 is 4.72 Å². The fourth-order valence-corrected chi connectivity index (χ4v) is 3.18. The molecule has 1 aromatic rings. The molecule has 1 heterocycles. The monoisotopic (exact) mass is 316 g/mol. The smallest absolute Gasteiger partial charge is 0.335 e.